The van der Waals surface area contributed by atoms with E-state index in [1.807, 2.05) is 6.92 Å². The average molecular weight is 205 g/mol. The molecule has 1 aromatic carbocycles. The Morgan fingerprint density at radius 2 is 1.67 bits per heavy atom. The molecule has 2 N–H and O–H groups in total. The second kappa shape index (κ2) is 4.80. The Kier molecular flexibility index (Phi) is 3.92. The summed E-state index contributed by atoms with van der Waals surface area (Å²) >= 11 is 0. The summed E-state index contributed by atoms with van der Waals surface area (Å²) in [6, 6.07) is 8.82. The largest absolute Gasteiger partial charge is 0.324 e. The van der Waals surface area contributed by atoms with Crippen LogP contribution < -0.4 is 5.73 Å². The van der Waals surface area contributed by atoms with Crippen molar-refractivity contribution in [2.24, 2.45) is 11.1 Å². The first-order valence-electron chi connectivity index (χ1n) is 5.73. The van der Waals surface area contributed by atoms with Gasteiger partial charge in [-0.15, -0.1) is 0 Å². The van der Waals surface area contributed by atoms with Crippen LogP contribution in [0.25, 0.3) is 0 Å². The Hall–Kier alpha value is -0.820. The fraction of sp³-hybridized carbons (Fsp3) is 0.571. The van der Waals surface area contributed by atoms with Crippen LogP contribution in [0.5, 0.6) is 0 Å². The summed E-state index contributed by atoms with van der Waals surface area (Å²) in [5, 5.41) is 0. The summed E-state index contributed by atoms with van der Waals surface area (Å²) in [6.07, 6.45) is 2.38. The van der Waals surface area contributed by atoms with Gasteiger partial charge in [0.2, 0.25) is 0 Å². The lowest BCUT2D eigenvalue weighted by molar-refractivity contribution is 0.378. The van der Waals surface area contributed by atoms with Gasteiger partial charge in [0.1, 0.15) is 0 Å². The van der Waals surface area contributed by atoms with Gasteiger partial charge in [-0.2, -0.15) is 0 Å². The SMILES string of the molecule is C[C@H](N)c1ccc(CCC(C)(C)C)cc1. The van der Waals surface area contributed by atoms with E-state index in [0.29, 0.717) is 5.41 Å². The number of aryl methyl sites for hydroxylation is 1. The number of hydrogen-bond acceptors (Lipinski definition) is 1. The Morgan fingerprint density at radius 3 is 2.07 bits per heavy atom. The van der Waals surface area contributed by atoms with Crippen molar-refractivity contribution in [2.75, 3.05) is 0 Å². The van der Waals surface area contributed by atoms with Gasteiger partial charge < -0.3 is 5.73 Å². The molecule has 15 heavy (non-hydrogen) atoms. The standard InChI is InChI=1S/C14H23N/c1-11(15)13-7-5-12(6-8-13)9-10-14(2,3)4/h5-8,11H,9-10,15H2,1-4H3/t11-/m0/s1. The molecule has 1 heteroatoms. The van der Waals surface area contributed by atoms with Gasteiger partial charge in [-0.25, -0.2) is 0 Å². The van der Waals surface area contributed by atoms with Gasteiger partial charge in [-0.3, -0.25) is 0 Å². The lowest BCUT2D eigenvalue weighted by Crippen LogP contribution is -2.07. The Balaban J connectivity index is 2.57. The van der Waals surface area contributed by atoms with Crippen LogP contribution >= 0.6 is 0 Å². The molecule has 1 rings (SSSR count). The molecule has 0 aliphatic carbocycles. The Labute approximate surface area is 93.7 Å². The molecular formula is C14H23N. The van der Waals surface area contributed by atoms with E-state index in [0.717, 1.165) is 6.42 Å². The third kappa shape index (κ3) is 4.48. The summed E-state index contributed by atoms with van der Waals surface area (Å²) in [7, 11) is 0. The van der Waals surface area contributed by atoms with Gasteiger partial charge in [0.05, 0.1) is 0 Å². The van der Waals surface area contributed by atoms with Gasteiger partial charge in [0.15, 0.2) is 0 Å². The molecule has 0 fully saturated rings. The molecule has 0 amide bonds. The van der Waals surface area contributed by atoms with Crippen LogP contribution in [0.15, 0.2) is 24.3 Å². The first kappa shape index (κ1) is 12.3. The third-order valence-electron chi connectivity index (χ3n) is 2.67. The Bertz CT molecular complexity index is 290. The monoisotopic (exact) mass is 205 g/mol. The van der Waals surface area contributed by atoms with Gasteiger partial charge in [-0.05, 0) is 36.3 Å². The van der Waals surface area contributed by atoms with Crippen LogP contribution in [0.1, 0.15) is 51.3 Å². The zero-order valence-electron chi connectivity index (χ0n) is 10.4. The van der Waals surface area contributed by atoms with Crippen LogP contribution in [0.2, 0.25) is 0 Å². The summed E-state index contributed by atoms with van der Waals surface area (Å²) in [4.78, 5) is 0. The van der Waals surface area contributed by atoms with Crippen LogP contribution in [0.4, 0.5) is 0 Å². The van der Waals surface area contributed by atoms with Crippen molar-refractivity contribution >= 4 is 0 Å². The second-order valence-electron chi connectivity index (χ2n) is 5.59. The highest BCUT2D eigenvalue weighted by molar-refractivity contribution is 5.24. The highest BCUT2D eigenvalue weighted by Crippen LogP contribution is 2.21. The van der Waals surface area contributed by atoms with Gasteiger partial charge in [0, 0.05) is 6.04 Å². The predicted molar refractivity (Wildman–Crippen MR) is 66.8 cm³/mol. The van der Waals surface area contributed by atoms with E-state index >= 15 is 0 Å². The van der Waals surface area contributed by atoms with Crippen molar-refractivity contribution in [3.8, 4) is 0 Å². The molecule has 0 unspecified atom stereocenters. The molecule has 0 aliphatic rings. The molecule has 0 heterocycles. The molecule has 0 aromatic heterocycles. The zero-order valence-corrected chi connectivity index (χ0v) is 10.4. The molecule has 1 atom stereocenters. The number of benzene rings is 1. The van der Waals surface area contributed by atoms with E-state index in [4.69, 9.17) is 5.73 Å². The van der Waals surface area contributed by atoms with Crippen LogP contribution in [-0.4, -0.2) is 0 Å². The molecule has 0 saturated carbocycles. The molecule has 0 radical (unpaired) electrons. The van der Waals surface area contributed by atoms with Crippen LogP contribution in [0.3, 0.4) is 0 Å². The van der Waals surface area contributed by atoms with E-state index in [9.17, 15) is 0 Å². The van der Waals surface area contributed by atoms with E-state index in [2.05, 4.69) is 45.0 Å². The topological polar surface area (TPSA) is 26.0 Å². The van der Waals surface area contributed by atoms with E-state index in [1.165, 1.54) is 17.5 Å². The van der Waals surface area contributed by atoms with Gasteiger partial charge >= 0.3 is 0 Å². The van der Waals surface area contributed by atoms with Crippen molar-refractivity contribution in [1.82, 2.24) is 0 Å². The maximum absolute atomic E-state index is 5.81. The minimum Gasteiger partial charge on any atom is -0.324 e. The van der Waals surface area contributed by atoms with Gasteiger partial charge in [0.25, 0.3) is 0 Å². The molecule has 84 valence electrons. The lowest BCUT2D eigenvalue weighted by atomic mass is 9.88. The molecule has 0 saturated heterocycles. The van der Waals surface area contributed by atoms with Crippen molar-refractivity contribution in [2.45, 2.75) is 46.6 Å². The molecule has 1 aromatic rings. The smallest absolute Gasteiger partial charge is 0.0266 e. The number of hydrogen-bond donors (Lipinski definition) is 1. The first-order chi connectivity index (χ1) is 6.88. The van der Waals surface area contributed by atoms with Crippen molar-refractivity contribution < 1.29 is 0 Å². The van der Waals surface area contributed by atoms with Crippen molar-refractivity contribution in [3.05, 3.63) is 35.4 Å². The predicted octanol–water partition coefficient (Wildman–Crippen LogP) is 3.69. The molecule has 0 bridgehead atoms. The molecule has 1 nitrogen and oxygen atoms in total. The van der Waals surface area contributed by atoms with Crippen LogP contribution in [-0.2, 0) is 6.42 Å². The van der Waals surface area contributed by atoms with E-state index < -0.39 is 0 Å². The first-order valence-corrected chi connectivity index (χ1v) is 5.73. The van der Waals surface area contributed by atoms with Crippen LogP contribution in [0, 0.1) is 5.41 Å². The Morgan fingerprint density at radius 1 is 1.13 bits per heavy atom. The van der Waals surface area contributed by atoms with Gasteiger partial charge in [-0.1, -0.05) is 45.0 Å². The minimum atomic E-state index is 0.140. The number of nitrogens with two attached hydrogens (primary N) is 1. The fourth-order valence-corrected chi connectivity index (χ4v) is 1.51. The lowest BCUT2D eigenvalue weighted by Gasteiger charge is -2.17. The maximum atomic E-state index is 5.81. The van der Waals surface area contributed by atoms with E-state index in [1.54, 1.807) is 0 Å². The highest BCUT2D eigenvalue weighted by Gasteiger charge is 2.09. The fourth-order valence-electron chi connectivity index (χ4n) is 1.51. The zero-order chi connectivity index (χ0) is 11.5. The maximum Gasteiger partial charge on any atom is 0.0266 e. The second-order valence-corrected chi connectivity index (χ2v) is 5.59. The van der Waals surface area contributed by atoms with E-state index in [-0.39, 0.29) is 6.04 Å². The summed E-state index contributed by atoms with van der Waals surface area (Å²) in [6.45, 7) is 8.86. The number of rotatable bonds is 3. The summed E-state index contributed by atoms with van der Waals surface area (Å²) < 4.78 is 0. The third-order valence-corrected chi connectivity index (χ3v) is 2.67. The highest BCUT2D eigenvalue weighted by atomic mass is 14.6. The molecule has 0 aliphatic heterocycles. The summed E-state index contributed by atoms with van der Waals surface area (Å²) in [5.74, 6) is 0. The normalized spacial score (nSPS) is 13.9. The van der Waals surface area contributed by atoms with Crippen molar-refractivity contribution in [3.63, 3.8) is 0 Å². The summed E-state index contributed by atoms with van der Waals surface area (Å²) in [5.41, 5.74) is 8.85. The molecule has 0 spiro atoms. The minimum absolute atomic E-state index is 0.140. The molecular weight excluding hydrogens is 182 g/mol. The average Bonchev–Trinajstić information content (AvgIpc) is 2.14. The van der Waals surface area contributed by atoms with Crippen molar-refractivity contribution in [1.29, 1.82) is 0 Å². The quantitative estimate of drug-likeness (QED) is 0.800.